The molecular weight excluding hydrogens is 652 g/mol. The van der Waals surface area contributed by atoms with Crippen molar-refractivity contribution in [2.75, 3.05) is 0 Å². The van der Waals surface area contributed by atoms with Crippen LogP contribution in [0.25, 0.3) is 10.8 Å². The van der Waals surface area contributed by atoms with Crippen LogP contribution in [-0.2, 0) is 23.7 Å². The molecule has 4 aliphatic rings. The van der Waals surface area contributed by atoms with Gasteiger partial charge < -0.3 is 54.3 Å². The largest absolute Gasteiger partial charge is 0.507 e. The summed E-state index contributed by atoms with van der Waals surface area (Å²) in [5.41, 5.74) is 0.405. The molecule has 7 rings (SSSR count). The molecule has 13 heteroatoms. The van der Waals surface area contributed by atoms with Gasteiger partial charge in [0.2, 0.25) is 0 Å². The quantitative estimate of drug-likeness (QED) is 0.178. The predicted octanol–water partition coefficient (Wildman–Crippen LogP) is 3.40. The molecule has 3 aromatic rings. The van der Waals surface area contributed by atoms with Crippen LogP contribution in [-0.4, -0.2) is 104 Å². The fourth-order valence-corrected chi connectivity index (χ4v) is 7.72. The molecule has 11 atom stereocenters. The van der Waals surface area contributed by atoms with Crippen molar-refractivity contribution in [1.82, 2.24) is 0 Å². The number of aryl methyl sites for hydroxylation is 1. The monoisotopic (exact) mass is 694 g/mol. The molecule has 0 spiro atoms. The molecule has 0 saturated carbocycles. The van der Waals surface area contributed by atoms with Gasteiger partial charge in [-0.2, -0.15) is 0 Å². The Kier molecular flexibility index (Phi) is 9.14. The van der Waals surface area contributed by atoms with Crippen molar-refractivity contribution in [2.45, 2.75) is 121 Å². The maximum atomic E-state index is 13.9. The number of aliphatic hydroxyl groups is 3. The Morgan fingerprint density at radius 3 is 2.10 bits per heavy atom. The van der Waals surface area contributed by atoms with Gasteiger partial charge in [0.25, 0.3) is 0 Å². The predicted molar refractivity (Wildman–Crippen MR) is 175 cm³/mol. The van der Waals surface area contributed by atoms with Crippen LogP contribution in [0.3, 0.4) is 0 Å². The number of aromatic hydroxyl groups is 3. The average Bonchev–Trinajstić information content (AvgIpc) is 3.05. The van der Waals surface area contributed by atoms with E-state index in [1.54, 1.807) is 26.8 Å². The van der Waals surface area contributed by atoms with E-state index in [1.165, 1.54) is 24.3 Å². The third-order valence-corrected chi connectivity index (χ3v) is 10.4. The summed E-state index contributed by atoms with van der Waals surface area (Å²) >= 11 is 0. The number of hydrogen-bond donors (Lipinski definition) is 6. The van der Waals surface area contributed by atoms with E-state index in [0.717, 1.165) is 0 Å². The van der Waals surface area contributed by atoms with E-state index in [4.69, 9.17) is 23.7 Å². The van der Waals surface area contributed by atoms with Gasteiger partial charge in [-0.1, -0.05) is 6.07 Å². The van der Waals surface area contributed by atoms with E-state index >= 15 is 0 Å². The molecule has 0 amide bonds. The van der Waals surface area contributed by atoms with Crippen molar-refractivity contribution < 1.29 is 63.9 Å². The van der Waals surface area contributed by atoms with Crippen molar-refractivity contribution in [3.8, 4) is 17.2 Å². The lowest BCUT2D eigenvalue weighted by atomic mass is 9.79. The van der Waals surface area contributed by atoms with Gasteiger partial charge in [-0.25, -0.2) is 0 Å². The van der Waals surface area contributed by atoms with Crippen LogP contribution in [0.5, 0.6) is 17.2 Å². The molecule has 50 heavy (non-hydrogen) atoms. The summed E-state index contributed by atoms with van der Waals surface area (Å²) in [5.74, 6) is -2.27. The lowest BCUT2D eigenvalue weighted by Gasteiger charge is -2.43. The average molecular weight is 695 g/mol. The summed E-state index contributed by atoms with van der Waals surface area (Å²) in [6.07, 6.45) is -6.85. The summed E-state index contributed by atoms with van der Waals surface area (Å²) in [6, 6.07) is 7.19. The fraction of sp³-hybridized carbons (Fsp3) is 0.514. The molecule has 3 aromatic carbocycles. The normalized spacial score (nSPS) is 34.4. The first kappa shape index (κ1) is 34.8. The van der Waals surface area contributed by atoms with E-state index in [2.05, 4.69) is 0 Å². The number of aliphatic hydroxyl groups excluding tert-OH is 3. The lowest BCUT2D eigenvalue weighted by molar-refractivity contribution is -0.306. The summed E-state index contributed by atoms with van der Waals surface area (Å²) in [6.45, 7) is 6.89. The molecule has 3 heterocycles. The molecule has 268 valence electrons. The van der Waals surface area contributed by atoms with Crippen molar-refractivity contribution in [3.63, 3.8) is 0 Å². The molecule has 6 N–H and O–H groups in total. The smallest absolute Gasteiger partial charge is 0.198 e. The summed E-state index contributed by atoms with van der Waals surface area (Å²) in [7, 11) is 0. The van der Waals surface area contributed by atoms with Gasteiger partial charge >= 0.3 is 0 Å². The zero-order chi connectivity index (χ0) is 35.8. The zero-order valence-electron chi connectivity index (χ0n) is 28.1. The van der Waals surface area contributed by atoms with Crippen LogP contribution in [0, 0.1) is 6.92 Å². The molecule has 0 radical (unpaired) electrons. The van der Waals surface area contributed by atoms with Gasteiger partial charge in [0.15, 0.2) is 24.1 Å². The number of hydrogen-bond acceptors (Lipinski definition) is 13. The SMILES string of the molecule is Cc1cc(O)c2c3c(cc(O)c2c1)C(=O)c1c(ccc(C2CC(OC4CCC(OC5CC(O)C(O)C(C)O5)C(C)O4)C(O)C(C)O2)c1O)C3=O. The van der Waals surface area contributed by atoms with Gasteiger partial charge in [-0.15, -0.1) is 0 Å². The molecular formula is C37H42O13. The Morgan fingerprint density at radius 2 is 1.38 bits per heavy atom. The van der Waals surface area contributed by atoms with Crippen molar-refractivity contribution >= 4 is 22.3 Å². The number of fused-ring (bicyclic) bond motifs is 4. The molecule has 0 bridgehead atoms. The minimum Gasteiger partial charge on any atom is -0.507 e. The third-order valence-electron chi connectivity index (χ3n) is 10.4. The Bertz CT molecular complexity index is 1830. The Hall–Kier alpha value is -3.66. The highest BCUT2D eigenvalue weighted by atomic mass is 16.7. The fourth-order valence-electron chi connectivity index (χ4n) is 7.72. The molecule has 1 aliphatic carbocycles. The third kappa shape index (κ3) is 5.95. The van der Waals surface area contributed by atoms with E-state index in [9.17, 15) is 40.2 Å². The van der Waals surface area contributed by atoms with Crippen molar-refractivity contribution in [1.29, 1.82) is 0 Å². The molecule has 13 nitrogen and oxygen atoms in total. The van der Waals surface area contributed by atoms with Gasteiger partial charge in [0, 0.05) is 52.3 Å². The molecule has 3 saturated heterocycles. The maximum absolute atomic E-state index is 13.9. The summed E-state index contributed by atoms with van der Waals surface area (Å²) < 4.78 is 30.3. The first-order valence-electron chi connectivity index (χ1n) is 17.0. The minimum absolute atomic E-state index is 0.0486. The van der Waals surface area contributed by atoms with E-state index in [0.29, 0.717) is 18.4 Å². The van der Waals surface area contributed by atoms with Crippen LogP contribution in [0.4, 0.5) is 0 Å². The molecule has 0 aromatic heterocycles. The van der Waals surface area contributed by atoms with Crippen LogP contribution >= 0.6 is 0 Å². The zero-order valence-corrected chi connectivity index (χ0v) is 28.1. The van der Waals surface area contributed by atoms with Crippen LogP contribution < -0.4 is 0 Å². The van der Waals surface area contributed by atoms with E-state index in [-0.39, 0.29) is 69.0 Å². The topological polar surface area (TPSA) is 202 Å². The molecule has 3 fully saturated rings. The number of benzene rings is 3. The first-order valence-corrected chi connectivity index (χ1v) is 17.0. The first-order chi connectivity index (χ1) is 23.7. The Morgan fingerprint density at radius 1 is 0.700 bits per heavy atom. The second-order valence-electron chi connectivity index (χ2n) is 13.9. The number of ketones is 2. The summed E-state index contributed by atoms with van der Waals surface area (Å²) in [4.78, 5) is 27.7. The summed E-state index contributed by atoms with van der Waals surface area (Å²) in [5, 5.41) is 64.5. The highest BCUT2D eigenvalue weighted by molar-refractivity contribution is 6.34. The van der Waals surface area contributed by atoms with E-state index < -0.39 is 78.7 Å². The highest BCUT2D eigenvalue weighted by Crippen LogP contribution is 2.46. The van der Waals surface area contributed by atoms with Crippen LogP contribution in [0.2, 0.25) is 0 Å². The maximum Gasteiger partial charge on any atom is 0.198 e. The number of ether oxygens (including phenoxy) is 5. The lowest BCUT2D eigenvalue weighted by Crippen LogP contribution is -2.51. The number of carbonyl (C=O) groups excluding carboxylic acids is 2. The molecule has 11 unspecified atom stereocenters. The van der Waals surface area contributed by atoms with Gasteiger partial charge in [0.05, 0.1) is 48.3 Å². The van der Waals surface area contributed by atoms with Crippen LogP contribution in [0.1, 0.15) is 95.5 Å². The second kappa shape index (κ2) is 13.1. The minimum atomic E-state index is -1.04. The Balaban J connectivity index is 1.08. The van der Waals surface area contributed by atoms with Gasteiger partial charge in [-0.05, 0) is 63.9 Å². The van der Waals surface area contributed by atoms with Crippen molar-refractivity contribution in [3.05, 3.63) is 63.7 Å². The van der Waals surface area contributed by atoms with Gasteiger partial charge in [-0.3, -0.25) is 9.59 Å². The van der Waals surface area contributed by atoms with E-state index in [1.807, 2.05) is 6.92 Å². The number of carbonyl (C=O) groups is 2. The number of phenolic OH excluding ortho intramolecular Hbond substituents is 3. The van der Waals surface area contributed by atoms with Gasteiger partial charge in [0.1, 0.15) is 29.5 Å². The van der Waals surface area contributed by atoms with Crippen molar-refractivity contribution in [2.24, 2.45) is 0 Å². The number of rotatable bonds is 5. The molecule has 3 aliphatic heterocycles. The Labute approximate surface area is 287 Å². The second-order valence-corrected chi connectivity index (χ2v) is 13.9. The number of phenols is 3. The highest BCUT2D eigenvalue weighted by Gasteiger charge is 2.43. The van der Waals surface area contributed by atoms with Crippen LogP contribution in [0.15, 0.2) is 30.3 Å². The standard InChI is InChI=1S/C37H42O13/c1-14-9-20-22(38)11-21-31(30(20)23(39)10-14)36(44)19-6-5-18(35(43)32(19)37(21)45)26-13-27(34(42)17(4)46-26)50-28-8-7-25(15(2)47-28)49-29-12-24(40)33(41)16(3)48-29/h5-6,9-11,15-17,24-29,33-34,38-43H,7-8,12-13H2,1-4H3.